The van der Waals surface area contributed by atoms with E-state index in [0.29, 0.717) is 12.5 Å². The molecule has 0 fully saturated rings. The lowest BCUT2D eigenvalue weighted by atomic mass is 9.96. The second-order valence-electron chi connectivity index (χ2n) is 5.57. The van der Waals surface area contributed by atoms with Crippen LogP contribution < -0.4 is 11.1 Å². The molecule has 1 rings (SSSR count). The summed E-state index contributed by atoms with van der Waals surface area (Å²) in [7, 11) is 0. The van der Waals surface area contributed by atoms with Crippen molar-refractivity contribution in [3.8, 4) is 0 Å². The van der Waals surface area contributed by atoms with E-state index in [-0.39, 0.29) is 17.9 Å². The minimum atomic E-state index is -0.0945. The Bertz CT molecular complexity index is 417. The van der Waals surface area contributed by atoms with Crippen molar-refractivity contribution in [3.63, 3.8) is 0 Å². The lowest BCUT2D eigenvalue weighted by Gasteiger charge is -2.21. The normalized spacial score (nSPS) is 14.1. The lowest BCUT2D eigenvalue weighted by molar-refractivity contribution is -0.125. The second kappa shape index (κ2) is 8.32. The van der Waals surface area contributed by atoms with E-state index >= 15 is 0 Å². The van der Waals surface area contributed by atoms with Crippen LogP contribution in [0, 0.1) is 11.8 Å². The molecule has 0 aliphatic carbocycles. The van der Waals surface area contributed by atoms with Crippen molar-refractivity contribution in [2.75, 3.05) is 12.8 Å². The molecular formula is C16H26N2OS. The molecule has 2 unspecified atom stereocenters. The number of benzene rings is 1. The molecule has 0 heterocycles. The molecule has 1 amide bonds. The number of hydrogen-bond acceptors (Lipinski definition) is 3. The van der Waals surface area contributed by atoms with Gasteiger partial charge in [0.2, 0.25) is 5.91 Å². The Morgan fingerprint density at radius 3 is 2.30 bits per heavy atom. The van der Waals surface area contributed by atoms with Gasteiger partial charge in [-0.2, -0.15) is 0 Å². The maximum atomic E-state index is 12.2. The Balaban J connectivity index is 2.63. The molecule has 2 atom stereocenters. The van der Waals surface area contributed by atoms with Crippen LogP contribution in [0.3, 0.4) is 0 Å². The molecule has 112 valence electrons. The van der Waals surface area contributed by atoms with Crippen molar-refractivity contribution in [1.82, 2.24) is 5.32 Å². The monoisotopic (exact) mass is 294 g/mol. The summed E-state index contributed by atoms with van der Waals surface area (Å²) in [6.07, 6.45) is 2.89. The predicted molar refractivity (Wildman–Crippen MR) is 86.8 cm³/mol. The standard InChI is InChI=1S/C16H26N2OS/c1-11(2)9-14(10-17)16(19)18-12(3)13-5-7-15(20-4)8-6-13/h5-8,11-12,14H,9-10,17H2,1-4H3,(H,18,19). The minimum Gasteiger partial charge on any atom is -0.349 e. The van der Waals surface area contributed by atoms with E-state index in [4.69, 9.17) is 5.73 Å². The van der Waals surface area contributed by atoms with Crippen LogP contribution >= 0.6 is 11.8 Å². The summed E-state index contributed by atoms with van der Waals surface area (Å²) in [4.78, 5) is 13.5. The number of carbonyl (C=O) groups is 1. The molecule has 0 spiro atoms. The topological polar surface area (TPSA) is 55.1 Å². The largest absolute Gasteiger partial charge is 0.349 e. The van der Waals surface area contributed by atoms with E-state index in [9.17, 15) is 4.79 Å². The molecule has 4 heteroatoms. The number of rotatable bonds is 7. The van der Waals surface area contributed by atoms with Crippen molar-refractivity contribution in [1.29, 1.82) is 0 Å². The molecule has 0 aromatic heterocycles. The van der Waals surface area contributed by atoms with E-state index in [1.165, 1.54) is 4.90 Å². The first-order chi connectivity index (χ1) is 9.47. The molecule has 0 aliphatic heterocycles. The highest BCUT2D eigenvalue weighted by molar-refractivity contribution is 7.98. The highest BCUT2D eigenvalue weighted by Gasteiger charge is 2.20. The third kappa shape index (κ3) is 5.17. The smallest absolute Gasteiger partial charge is 0.224 e. The number of amides is 1. The van der Waals surface area contributed by atoms with E-state index in [1.807, 2.05) is 6.92 Å². The van der Waals surface area contributed by atoms with Crippen LogP contribution in [0.15, 0.2) is 29.2 Å². The Morgan fingerprint density at radius 1 is 1.25 bits per heavy atom. The summed E-state index contributed by atoms with van der Waals surface area (Å²) >= 11 is 1.71. The fourth-order valence-corrected chi connectivity index (χ4v) is 2.59. The van der Waals surface area contributed by atoms with Gasteiger partial charge in [0.05, 0.1) is 12.0 Å². The van der Waals surface area contributed by atoms with E-state index in [0.717, 1.165) is 12.0 Å². The predicted octanol–water partition coefficient (Wildman–Crippen LogP) is 3.21. The number of carbonyl (C=O) groups excluding carboxylic acids is 1. The second-order valence-corrected chi connectivity index (χ2v) is 6.45. The van der Waals surface area contributed by atoms with Gasteiger partial charge in [-0.1, -0.05) is 26.0 Å². The zero-order valence-electron chi connectivity index (χ0n) is 12.8. The van der Waals surface area contributed by atoms with E-state index in [2.05, 4.69) is 49.7 Å². The van der Waals surface area contributed by atoms with Gasteiger partial charge in [0.25, 0.3) is 0 Å². The molecule has 0 aliphatic rings. The first kappa shape index (κ1) is 17.1. The van der Waals surface area contributed by atoms with E-state index < -0.39 is 0 Å². The zero-order chi connectivity index (χ0) is 15.1. The third-order valence-electron chi connectivity index (χ3n) is 3.39. The van der Waals surface area contributed by atoms with Crippen molar-refractivity contribution in [2.45, 2.75) is 38.1 Å². The Labute approximate surface area is 126 Å². The summed E-state index contributed by atoms with van der Waals surface area (Å²) in [6, 6.07) is 8.31. The van der Waals surface area contributed by atoms with Crippen LogP contribution in [0.5, 0.6) is 0 Å². The molecule has 3 N–H and O–H groups in total. The van der Waals surface area contributed by atoms with Crippen molar-refractivity contribution < 1.29 is 4.79 Å². The molecule has 0 saturated carbocycles. The van der Waals surface area contributed by atoms with Crippen LogP contribution in [0.1, 0.15) is 38.8 Å². The van der Waals surface area contributed by atoms with Gasteiger partial charge in [0.1, 0.15) is 0 Å². The number of nitrogens with two attached hydrogens (primary N) is 1. The molecule has 20 heavy (non-hydrogen) atoms. The minimum absolute atomic E-state index is 0.0135. The number of hydrogen-bond donors (Lipinski definition) is 2. The summed E-state index contributed by atoms with van der Waals surface area (Å²) in [5, 5.41) is 3.06. The number of nitrogens with one attached hydrogen (secondary N) is 1. The fourth-order valence-electron chi connectivity index (χ4n) is 2.19. The Kier molecular flexibility index (Phi) is 7.10. The molecular weight excluding hydrogens is 268 g/mol. The Morgan fingerprint density at radius 2 is 1.85 bits per heavy atom. The maximum Gasteiger partial charge on any atom is 0.224 e. The first-order valence-electron chi connectivity index (χ1n) is 7.12. The van der Waals surface area contributed by atoms with Gasteiger partial charge in [-0.15, -0.1) is 11.8 Å². The van der Waals surface area contributed by atoms with Gasteiger partial charge >= 0.3 is 0 Å². The van der Waals surface area contributed by atoms with Crippen LogP contribution in [0.4, 0.5) is 0 Å². The van der Waals surface area contributed by atoms with Crippen molar-refractivity contribution in [2.24, 2.45) is 17.6 Å². The molecule has 1 aromatic rings. The molecule has 0 radical (unpaired) electrons. The highest BCUT2D eigenvalue weighted by Crippen LogP contribution is 2.19. The summed E-state index contributed by atoms with van der Waals surface area (Å²) in [6.45, 7) is 6.64. The van der Waals surface area contributed by atoms with Crippen LogP contribution in [-0.4, -0.2) is 18.7 Å². The van der Waals surface area contributed by atoms with Crippen LogP contribution in [0.2, 0.25) is 0 Å². The van der Waals surface area contributed by atoms with Gasteiger partial charge in [-0.3, -0.25) is 4.79 Å². The summed E-state index contributed by atoms with van der Waals surface area (Å²) < 4.78 is 0. The average molecular weight is 294 g/mol. The molecule has 3 nitrogen and oxygen atoms in total. The van der Waals surface area contributed by atoms with Gasteiger partial charge in [-0.25, -0.2) is 0 Å². The summed E-state index contributed by atoms with van der Waals surface area (Å²) in [5.41, 5.74) is 6.83. The third-order valence-corrected chi connectivity index (χ3v) is 4.13. The zero-order valence-corrected chi connectivity index (χ0v) is 13.7. The van der Waals surface area contributed by atoms with Gasteiger partial charge in [0, 0.05) is 11.4 Å². The first-order valence-corrected chi connectivity index (χ1v) is 8.34. The van der Waals surface area contributed by atoms with Gasteiger partial charge in [0.15, 0.2) is 0 Å². The van der Waals surface area contributed by atoms with E-state index in [1.54, 1.807) is 11.8 Å². The Hall–Kier alpha value is -1.00. The highest BCUT2D eigenvalue weighted by atomic mass is 32.2. The maximum absolute atomic E-state index is 12.2. The average Bonchev–Trinajstić information content (AvgIpc) is 2.44. The quantitative estimate of drug-likeness (QED) is 0.759. The van der Waals surface area contributed by atoms with Crippen LogP contribution in [-0.2, 0) is 4.79 Å². The fraction of sp³-hybridized carbons (Fsp3) is 0.562. The van der Waals surface area contributed by atoms with Crippen molar-refractivity contribution in [3.05, 3.63) is 29.8 Å². The SMILES string of the molecule is CSc1ccc(C(C)NC(=O)C(CN)CC(C)C)cc1. The van der Waals surface area contributed by atoms with Crippen molar-refractivity contribution >= 4 is 17.7 Å². The molecule has 0 saturated heterocycles. The van der Waals surface area contributed by atoms with Crippen LogP contribution in [0.25, 0.3) is 0 Å². The lowest BCUT2D eigenvalue weighted by Crippen LogP contribution is -2.37. The molecule has 1 aromatic carbocycles. The number of thioether (sulfide) groups is 1. The van der Waals surface area contributed by atoms with Gasteiger partial charge < -0.3 is 11.1 Å². The summed E-state index contributed by atoms with van der Waals surface area (Å²) in [5.74, 6) is 0.441. The molecule has 0 bridgehead atoms. The van der Waals surface area contributed by atoms with Gasteiger partial charge in [-0.05, 0) is 43.2 Å².